The van der Waals surface area contributed by atoms with Gasteiger partial charge in [0.1, 0.15) is 0 Å². The van der Waals surface area contributed by atoms with Gasteiger partial charge in [0.2, 0.25) is 0 Å². The van der Waals surface area contributed by atoms with Gasteiger partial charge in [-0.2, -0.15) is 0 Å². The van der Waals surface area contributed by atoms with Crippen LogP contribution in [0.1, 0.15) is 19.8 Å². The van der Waals surface area contributed by atoms with Crippen molar-refractivity contribution in [1.82, 2.24) is 4.90 Å². The lowest BCUT2D eigenvalue weighted by Gasteiger charge is -2.54. The lowest BCUT2D eigenvalue weighted by molar-refractivity contribution is -0.164. The van der Waals surface area contributed by atoms with Crippen molar-refractivity contribution in [3.63, 3.8) is 0 Å². The van der Waals surface area contributed by atoms with Gasteiger partial charge in [-0.15, -0.1) is 0 Å². The molecular formula is C12H19NO2. The third-order valence-electron chi connectivity index (χ3n) is 4.35. The van der Waals surface area contributed by atoms with E-state index in [1.807, 2.05) is 6.92 Å². The zero-order chi connectivity index (χ0) is 10.4. The molecule has 0 spiro atoms. The van der Waals surface area contributed by atoms with Crippen LogP contribution in [-0.4, -0.2) is 37.1 Å². The number of hydrogen-bond acceptors (Lipinski definition) is 3. The van der Waals surface area contributed by atoms with E-state index in [0.717, 1.165) is 19.0 Å². The maximum atomic E-state index is 11.9. The summed E-state index contributed by atoms with van der Waals surface area (Å²) in [5.41, 5.74) is 0. The first-order chi connectivity index (χ1) is 7.28. The Labute approximate surface area is 90.8 Å². The molecule has 3 heteroatoms. The van der Waals surface area contributed by atoms with Gasteiger partial charge in [0, 0.05) is 19.6 Å². The normalized spacial score (nSPS) is 46.9. The van der Waals surface area contributed by atoms with Crippen molar-refractivity contribution in [2.45, 2.75) is 19.8 Å². The van der Waals surface area contributed by atoms with Gasteiger partial charge in [0.25, 0.3) is 0 Å². The number of piperidine rings is 3. The molecule has 0 amide bonds. The topological polar surface area (TPSA) is 29.5 Å². The van der Waals surface area contributed by atoms with E-state index < -0.39 is 0 Å². The molecular weight excluding hydrogens is 190 g/mol. The SMILES string of the molecule is CCOC(=O)C1C2CC3CC1CN(C3)C2. The quantitative estimate of drug-likeness (QED) is 0.639. The molecule has 3 nitrogen and oxygen atoms in total. The first-order valence-corrected chi connectivity index (χ1v) is 6.17. The van der Waals surface area contributed by atoms with Crippen LogP contribution in [0, 0.1) is 23.7 Å². The highest BCUT2D eigenvalue weighted by molar-refractivity contribution is 5.73. The summed E-state index contributed by atoms with van der Waals surface area (Å²) in [4.78, 5) is 14.4. The van der Waals surface area contributed by atoms with E-state index in [9.17, 15) is 4.79 Å². The monoisotopic (exact) mass is 209 g/mol. The molecule has 3 aliphatic heterocycles. The minimum atomic E-state index is 0.0764. The van der Waals surface area contributed by atoms with Crippen molar-refractivity contribution in [1.29, 1.82) is 0 Å². The number of ether oxygens (including phenoxy) is 1. The van der Waals surface area contributed by atoms with Crippen LogP contribution in [-0.2, 0) is 9.53 Å². The number of carbonyl (C=O) groups is 1. The summed E-state index contributed by atoms with van der Waals surface area (Å²) in [6, 6.07) is 0. The predicted octanol–water partition coefficient (Wildman–Crippen LogP) is 1.14. The van der Waals surface area contributed by atoms with Gasteiger partial charge >= 0.3 is 5.97 Å². The van der Waals surface area contributed by atoms with Gasteiger partial charge in [-0.25, -0.2) is 0 Å². The second-order valence-corrected chi connectivity index (χ2v) is 5.35. The second kappa shape index (κ2) is 3.48. The van der Waals surface area contributed by atoms with Crippen LogP contribution >= 0.6 is 0 Å². The Kier molecular flexibility index (Phi) is 2.23. The van der Waals surface area contributed by atoms with Crippen LogP contribution < -0.4 is 0 Å². The average molecular weight is 209 g/mol. The Morgan fingerprint density at radius 1 is 1.27 bits per heavy atom. The lowest BCUT2D eigenvalue weighted by atomic mass is 9.62. The van der Waals surface area contributed by atoms with Crippen LogP contribution in [0.5, 0.6) is 0 Å². The summed E-state index contributed by atoms with van der Waals surface area (Å²) in [5.74, 6) is 2.35. The number of esters is 1. The highest BCUT2D eigenvalue weighted by Crippen LogP contribution is 2.47. The Morgan fingerprint density at radius 3 is 2.47 bits per heavy atom. The van der Waals surface area contributed by atoms with Crippen molar-refractivity contribution in [2.75, 3.05) is 26.2 Å². The minimum Gasteiger partial charge on any atom is -0.466 e. The largest absolute Gasteiger partial charge is 0.466 e. The van der Waals surface area contributed by atoms with Gasteiger partial charge < -0.3 is 9.64 Å². The van der Waals surface area contributed by atoms with E-state index in [-0.39, 0.29) is 11.9 Å². The fourth-order valence-electron chi connectivity index (χ4n) is 4.03. The Morgan fingerprint density at radius 2 is 1.93 bits per heavy atom. The van der Waals surface area contributed by atoms with Crippen molar-refractivity contribution in [3.8, 4) is 0 Å². The maximum absolute atomic E-state index is 11.9. The first kappa shape index (κ1) is 9.64. The van der Waals surface area contributed by atoms with E-state index in [1.165, 1.54) is 19.4 Å². The number of hydrogen-bond donors (Lipinski definition) is 0. The van der Waals surface area contributed by atoms with Gasteiger partial charge in [-0.1, -0.05) is 0 Å². The molecule has 0 aromatic heterocycles. The summed E-state index contributed by atoms with van der Waals surface area (Å²) in [5, 5.41) is 0. The molecule has 4 bridgehead atoms. The van der Waals surface area contributed by atoms with Gasteiger partial charge in [0.05, 0.1) is 12.5 Å². The zero-order valence-corrected chi connectivity index (χ0v) is 9.32. The number of carbonyl (C=O) groups excluding carboxylic acids is 1. The van der Waals surface area contributed by atoms with Crippen LogP contribution in [0.4, 0.5) is 0 Å². The van der Waals surface area contributed by atoms with Crippen LogP contribution in [0.25, 0.3) is 0 Å². The van der Waals surface area contributed by atoms with Crippen molar-refractivity contribution in [3.05, 3.63) is 0 Å². The molecule has 0 radical (unpaired) electrons. The molecule has 0 aromatic rings. The Balaban J connectivity index is 1.77. The van der Waals surface area contributed by atoms with E-state index in [0.29, 0.717) is 18.4 Å². The lowest BCUT2D eigenvalue weighted by Crippen LogP contribution is -2.59. The minimum absolute atomic E-state index is 0.0764. The standard InChI is InChI=1S/C12H19NO2/c1-2-15-12(14)11-9-3-8-4-10(11)7-13(5-8)6-9/h8-11H,2-7H2,1H3. The van der Waals surface area contributed by atoms with E-state index in [2.05, 4.69) is 4.90 Å². The van der Waals surface area contributed by atoms with Gasteiger partial charge in [0.15, 0.2) is 0 Å². The molecule has 4 aliphatic rings. The molecule has 0 N–H and O–H groups in total. The summed E-state index contributed by atoms with van der Waals surface area (Å²) in [7, 11) is 0. The molecule has 1 saturated carbocycles. The first-order valence-electron chi connectivity index (χ1n) is 6.17. The number of rotatable bonds is 2. The summed E-state index contributed by atoms with van der Waals surface area (Å²) in [6.45, 7) is 5.98. The van der Waals surface area contributed by atoms with Gasteiger partial charge in [-0.05, 0) is 37.5 Å². The van der Waals surface area contributed by atoms with Crippen LogP contribution in [0.15, 0.2) is 0 Å². The van der Waals surface area contributed by atoms with E-state index in [1.54, 1.807) is 0 Å². The summed E-state index contributed by atoms with van der Waals surface area (Å²) >= 11 is 0. The highest BCUT2D eigenvalue weighted by Gasteiger charge is 2.50. The smallest absolute Gasteiger partial charge is 0.309 e. The molecule has 3 saturated heterocycles. The molecule has 1 aliphatic carbocycles. The molecule has 0 aromatic carbocycles. The maximum Gasteiger partial charge on any atom is 0.309 e. The third kappa shape index (κ3) is 1.48. The fraction of sp³-hybridized carbons (Fsp3) is 0.917. The Hall–Kier alpha value is -0.570. The van der Waals surface area contributed by atoms with Crippen molar-refractivity contribution in [2.24, 2.45) is 23.7 Å². The zero-order valence-electron chi connectivity index (χ0n) is 9.32. The molecule has 2 atom stereocenters. The molecule has 84 valence electrons. The molecule has 4 rings (SSSR count). The second-order valence-electron chi connectivity index (χ2n) is 5.35. The predicted molar refractivity (Wildman–Crippen MR) is 56.3 cm³/mol. The summed E-state index contributed by atoms with van der Waals surface area (Å²) in [6.07, 6.45) is 2.52. The van der Waals surface area contributed by atoms with Crippen molar-refractivity contribution < 1.29 is 9.53 Å². The fourth-order valence-corrected chi connectivity index (χ4v) is 4.03. The summed E-state index contributed by atoms with van der Waals surface area (Å²) < 4.78 is 5.21. The average Bonchev–Trinajstić information content (AvgIpc) is 2.15. The highest BCUT2D eigenvalue weighted by atomic mass is 16.5. The third-order valence-corrected chi connectivity index (χ3v) is 4.35. The van der Waals surface area contributed by atoms with Crippen LogP contribution in [0.3, 0.4) is 0 Å². The van der Waals surface area contributed by atoms with Gasteiger partial charge in [-0.3, -0.25) is 4.79 Å². The van der Waals surface area contributed by atoms with E-state index in [4.69, 9.17) is 4.74 Å². The molecule has 15 heavy (non-hydrogen) atoms. The number of nitrogens with zero attached hydrogens (tertiary/aromatic N) is 1. The van der Waals surface area contributed by atoms with E-state index >= 15 is 0 Å². The molecule has 2 unspecified atom stereocenters. The molecule has 4 fully saturated rings. The van der Waals surface area contributed by atoms with Crippen LogP contribution in [0.2, 0.25) is 0 Å². The molecule has 3 heterocycles. The van der Waals surface area contributed by atoms with Crippen molar-refractivity contribution >= 4 is 5.97 Å². The Bertz CT molecular complexity index is 249.